The number of rotatable bonds is 11. The maximum atomic E-state index is 13.6. The van der Waals surface area contributed by atoms with Gasteiger partial charge in [-0.3, -0.25) is 0 Å². The summed E-state index contributed by atoms with van der Waals surface area (Å²) in [5.41, 5.74) is 3.79. The third kappa shape index (κ3) is 6.42. The van der Waals surface area contributed by atoms with E-state index in [0.29, 0.717) is 12.1 Å². The highest BCUT2D eigenvalue weighted by atomic mass is 35.5. The standard InChI is InChI=1S/C30H31ClN2O2S/c1-24-19-21-28(22-20-24)36(34,35)33-30(31,27-17-9-4-10-18-27)29(26-15-7-3-8-16-26)32-23-11-14-25-12-5-2-6-13-25/h2-10,12-13,15-22,29,32-33H,11,14,23H2,1H3. The molecule has 0 saturated heterocycles. The second kappa shape index (κ2) is 11.8. The summed E-state index contributed by atoms with van der Waals surface area (Å²) in [7, 11) is -3.93. The third-order valence-electron chi connectivity index (χ3n) is 6.17. The molecule has 0 aliphatic carbocycles. The highest BCUT2D eigenvalue weighted by Crippen LogP contribution is 2.40. The molecule has 4 aromatic carbocycles. The van der Waals surface area contributed by atoms with Crippen LogP contribution in [0.25, 0.3) is 0 Å². The zero-order chi connectivity index (χ0) is 25.4. The first-order valence-electron chi connectivity index (χ1n) is 12.1. The first-order valence-corrected chi connectivity index (χ1v) is 13.9. The number of hydrogen-bond donors (Lipinski definition) is 2. The smallest absolute Gasteiger partial charge is 0.242 e. The van der Waals surface area contributed by atoms with Crippen LogP contribution in [0, 0.1) is 6.92 Å². The van der Waals surface area contributed by atoms with Gasteiger partial charge in [-0.1, -0.05) is 120 Å². The van der Waals surface area contributed by atoms with E-state index in [-0.39, 0.29) is 4.90 Å². The fourth-order valence-electron chi connectivity index (χ4n) is 4.25. The maximum Gasteiger partial charge on any atom is 0.242 e. The minimum Gasteiger partial charge on any atom is -0.307 e. The molecular weight excluding hydrogens is 488 g/mol. The minimum absolute atomic E-state index is 0.171. The Hall–Kier alpha value is -2.96. The van der Waals surface area contributed by atoms with Gasteiger partial charge < -0.3 is 5.32 Å². The predicted octanol–water partition coefficient (Wildman–Crippen LogP) is 6.33. The van der Waals surface area contributed by atoms with Crippen molar-refractivity contribution in [2.75, 3.05) is 6.54 Å². The van der Waals surface area contributed by atoms with Gasteiger partial charge in [-0.25, -0.2) is 8.42 Å². The molecule has 4 nitrogen and oxygen atoms in total. The van der Waals surface area contributed by atoms with E-state index in [4.69, 9.17) is 11.6 Å². The summed E-state index contributed by atoms with van der Waals surface area (Å²) >= 11 is 7.37. The van der Waals surface area contributed by atoms with Crippen LogP contribution in [-0.2, 0) is 21.4 Å². The van der Waals surface area contributed by atoms with Gasteiger partial charge in [0.2, 0.25) is 10.0 Å². The van der Waals surface area contributed by atoms with Crippen LogP contribution in [0.4, 0.5) is 0 Å². The Labute approximate surface area is 219 Å². The van der Waals surface area contributed by atoms with E-state index >= 15 is 0 Å². The van der Waals surface area contributed by atoms with Crippen molar-refractivity contribution in [1.29, 1.82) is 0 Å². The van der Waals surface area contributed by atoms with Crippen LogP contribution in [0.2, 0.25) is 0 Å². The van der Waals surface area contributed by atoms with Gasteiger partial charge >= 0.3 is 0 Å². The number of halogens is 1. The van der Waals surface area contributed by atoms with Crippen LogP contribution in [0.15, 0.2) is 120 Å². The van der Waals surface area contributed by atoms with Crippen molar-refractivity contribution in [2.24, 2.45) is 0 Å². The van der Waals surface area contributed by atoms with Gasteiger partial charge in [0.15, 0.2) is 5.00 Å². The van der Waals surface area contributed by atoms with Gasteiger partial charge in [-0.2, -0.15) is 4.72 Å². The number of hydrogen-bond acceptors (Lipinski definition) is 3. The van der Waals surface area contributed by atoms with Crippen LogP contribution in [-0.4, -0.2) is 15.0 Å². The summed E-state index contributed by atoms with van der Waals surface area (Å²) in [6, 6.07) is 35.6. The molecule has 0 fully saturated rings. The predicted molar refractivity (Wildman–Crippen MR) is 147 cm³/mol. The van der Waals surface area contributed by atoms with Gasteiger partial charge in [0.1, 0.15) is 0 Å². The molecule has 0 heterocycles. The molecule has 0 radical (unpaired) electrons. The normalized spacial score (nSPS) is 14.2. The van der Waals surface area contributed by atoms with E-state index in [0.717, 1.165) is 24.0 Å². The van der Waals surface area contributed by atoms with Crippen LogP contribution in [0.5, 0.6) is 0 Å². The van der Waals surface area contributed by atoms with E-state index in [1.54, 1.807) is 24.3 Å². The first kappa shape index (κ1) is 26.1. The molecule has 4 rings (SSSR count). The molecule has 0 bridgehead atoms. The fraction of sp³-hybridized carbons (Fsp3) is 0.200. The van der Waals surface area contributed by atoms with Crippen molar-refractivity contribution < 1.29 is 8.42 Å². The Bertz CT molecular complexity index is 1330. The monoisotopic (exact) mass is 518 g/mol. The molecule has 0 amide bonds. The van der Waals surface area contributed by atoms with Crippen molar-refractivity contribution in [2.45, 2.75) is 35.7 Å². The largest absolute Gasteiger partial charge is 0.307 e. The second-order valence-electron chi connectivity index (χ2n) is 8.88. The van der Waals surface area contributed by atoms with Gasteiger partial charge in [-0.05, 0) is 55.1 Å². The Morgan fingerprint density at radius 1 is 0.778 bits per heavy atom. The molecule has 0 spiro atoms. The quantitative estimate of drug-likeness (QED) is 0.138. The molecular formula is C30H31ClN2O2S. The average Bonchev–Trinajstić information content (AvgIpc) is 2.90. The number of alkyl halides is 1. The number of benzene rings is 4. The molecule has 0 aromatic heterocycles. The average molecular weight is 519 g/mol. The van der Waals surface area contributed by atoms with Crippen LogP contribution in [0.3, 0.4) is 0 Å². The molecule has 2 N–H and O–H groups in total. The van der Waals surface area contributed by atoms with E-state index < -0.39 is 21.1 Å². The second-order valence-corrected chi connectivity index (χ2v) is 11.2. The molecule has 2 unspecified atom stereocenters. The summed E-state index contributed by atoms with van der Waals surface area (Å²) < 4.78 is 30.0. The molecule has 0 aliphatic rings. The number of aryl methyl sites for hydroxylation is 2. The highest BCUT2D eigenvalue weighted by Gasteiger charge is 2.43. The summed E-state index contributed by atoms with van der Waals surface area (Å²) in [6.07, 6.45) is 1.78. The molecule has 0 aliphatic heterocycles. The van der Waals surface area contributed by atoms with Crippen molar-refractivity contribution >= 4 is 21.6 Å². The lowest BCUT2D eigenvalue weighted by Crippen LogP contribution is -2.50. The molecule has 36 heavy (non-hydrogen) atoms. The molecule has 2 atom stereocenters. The maximum absolute atomic E-state index is 13.6. The third-order valence-corrected chi connectivity index (χ3v) is 8.30. The Morgan fingerprint density at radius 3 is 1.94 bits per heavy atom. The minimum atomic E-state index is -3.93. The topological polar surface area (TPSA) is 58.2 Å². The first-order chi connectivity index (χ1) is 17.4. The van der Waals surface area contributed by atoms with Gasteiger partial charge in [0.25, 0.3) is 0 Å². The summed E-state index contributed by atoms with van der Waals surface area (Å²) in [5.74, 6) is 0. The van der Waals surface area contributed by atoms with Gasteiger partial charge in [0.05, 0.1) is 10.9 Å². The van der Waals surface area contributed by atoms with Crippen molar-refractivity contribution in [1.82, 2.24) is 10.0 Å². The summed E-state index contributed by atoms with van der Waals surface area (Å²) in [5, 5.41) is 3.57. The Kier molecular flexibility index (Phi) is 8.60. The van der Waals surface area contributed by atoms with Gasteiger partial charge in [0, 0.05) is 0 Å². The number of nitrogens with one attached hydrogen (secondary N) is 2. The Balaban J connectivity index is 1.68. The van der Waals surface area contributed by atoms with Crippen LogP contribution in [0.1, 0.15) is 34.7 Å². The Morgan fingerprint density at radius 2 is 1.33 bits per heavy atom. The summed E-state index contributed by atoms with van der Waals surface area (Å²) in [6.45, 7) is 2.58. The molecule has 4 aromatic rings. The van der Waals surface area contributed by atoms with Crippen LogP contribution >= 0.6 is 11.6 Å². The van der Waals surface area contributed by atoms with Gasteiger partial charge in [-0.15, -0.1) is 0 Å². The van der Waals surface area contributed by atoms with E-state index in [1.807, 2.05) is 85.8 Å². The lowest BCUT2D eigenvalue weighted by Gasteiger charge is -2.37. The summed E-state index contributed by atoms with van der Waals surface area (Å²) in [4.78, 5) is -1.30. The zero-order valence-corrected chi connectivity index (χ0v) is 21.8. The molecule has 6 heteroatoms. The molecule has 0 saturated carbocycles. The lowest BCUT2D eigenvalue weighted by molar-refractivity contribution is 0.377. The van der Waals surface area contributed by atoms with E-state index in [9.17, 15) is 8.42 Å². The molecule has 186 valence electrons. The van der Waals surface area contributed by atoms with Crippen molar-refractivity contribution in [3.05, 3.63) is 138 Å². The number of sulfonamides is 1. The van der Waals surface area contributed by atoms with E-state index in [1.165, 1.54) is 5.56 Å². The zero-order valence-electron chi connectivity index (χ0n) is 20.3. The van der Waals surface area contributed by atoms with Crippen molar-refractivity contribution in [3.8, 4) is 0 Å². The van der Waals surface area contributed by atoms with Crippen LogP contribution < -0.4 is 10.0 Å². The lowest BCUT2D eigenvalue weighted by atomic mass is 9.93. The highest BCUT2D eigenvalue weighted by molar-refractivity contribution is 7.89. The van der Waals surface area contributed by atoms with Crippen molar-refractivity contribution in [3.63, 3.8) is 0 Å². The fourth-order valence-corrected chi connectivity index (χ4v) is 6.13. The van der Waals surface area contributed by atoms with E-state index in [2.05, 4.69) is 22.2 Å². The SMILES string of the molecule is Cc1ccc(S(=O)(=O)NC(Cl)(c2ccccc2)C(NCCCc2ccccc2)c2ccccc2)cc1.